The summed E-state index contributed by atoms with van der Waals surface area (Å²) < 4.78 is 25.5. The van der Waals surface area contributed by atoms with E-state index in [1.165, 1.54) is 20.3 Å². The van der Waals surface area contributed by atoms with Gasteiger partial charge in [-0.05, 0) is 30.2 Å². The summed E-state index contributed by atoms with van der Waals surface area (Å²) in [7, 11) is 2.97. The molecule has 0 radical (unpaired) electrons. The highest BCUT2D eigenvalue weighted by molar-refractivity contribution is 9.10. The summed E-state index contributed by atoms with van der Waals surface area (Å²) in [4.78, 5) is 0. The Kier molecular flexibility index (Phi) is 5.12. The molecule has 0 aliphatic carbocycles. The van der Waals surface area contributed by atoms with E-state index in [2.05, 4.69) is 15.9 Å². The van der Waals surface area contributed by atoms with E-state index in [-0.39, 0.29) is 0 Å². The number of hydrogen-bond donors (Lipinski definition) is 0. The van der Waals surface area contributed by atoms with Crippen molar-refractivity contribution in [2.75, 3.05) is 14.2 Å². The molecule has 5 heteroatoms. The summed E-state index contributed by atoms with van der Waals surface area (Å²) in [5.74, 6) is 0.368. The molecule has 1 unspecified atom stereocenters. The Morgan fingerprint density at radius 2 is 1.71 bits per heavy atom. The summed E-state index contributed by atoms with van der Waals surface area (Å²) in [6.45, 7) is 1.94. The first kappa shape index (κ1) is 16.1. The van der Waals surface area contributed by atoms with Crippen molar-refractivity contribution in [3.05, 3.63) is 57.3 Å². The highest BCUT2D eigenvalue weighted by atomic mass is 79.9. The second-order valence-electron chi connectivity index (χ2n) is 4.55. The van der Waals surface area contributed by atoms with Gasteiger partial charge in [-0.1, -0.05) is 28.1 Å². The lowest BCUT2D eigenvalue weighted by molar-refractivity contribution is 0.351. The Hall–Kier alpha value is -1.26. The summed E-state index contributed by atoms with van der Waals surface area (Å²) in [5, 5.41) is -0.609. The molecule has 112 valence electrons. The van der Waals surface area contributed by atoms with Crippen molar-refractivity contribution < 1.29 is 13.9 Å². The van der Waals surface area contributed by atoms with E-state index in [0.717, 1.165) is 15.6 Å². The van der Waals surface area contributed by atoms with Crippen LogP contribution in [0.15, 0.2) is 34.8 Å². The van der Waals surface area contributed by atoms with Gasteiger partial charge in [-0.15, -0.1) is 11.6 Å². The number of benzene rings is 2. The molecule has 0 aliphatic heterocycles. The molecule has 0 aliphatic rings. The maximum Gasteiger partial charge on any atom is 0.163 e. The third-order valence-corrected chi connectivity index (χ3v) is 4.69. The number of hydrogen-bond acceptors (Lipinski definition) is 2. The minimum atomic E-state index is -0.609. The molecule has 0 heterocycles. The summed E-state index contributed by atoms with van der Waals surface area (Å²) in [6.07, 6.45) is 0. The normalized spacial score (nSPS) is 12.1. The lowest BCUT2D eigenvalue weighted by Crippen LogP contribution is -2.02. The Morgan fingerprint density at radius 3 is 2.33 bits per heavy atom. The predicted octanol–water partition coefficient (Wildman–Crippen LogP) is 5.24. The van der Waals surface area contributed by atoms with Crippen LogP contribution in [0, 0.1) is 12.7 Å². The molecular formula is C16H15BrClFO2. The summed E-state index contributed by atoms with van der Waals surface area (Å²) in [6, 6.07) is 8.55. The predicted molar refractivity (Wildman–Crippen MR) is 86.1 cm³/mol. The van der Waals surface area contributed by atoms with E-state index in [1.807, 2.05) is 25.1 Å². The van der Waals surface area contributed by atoms with Crippen molar-refractivity contribution >= 4 is 27.5 Å². The number of ether oxygens (including phenoxy) is 2. The van der Waals surface area contributed by atoms with Crippen molar-refractivity contribution in [2.45, 2.75) is 12.3 Å². The van der Waals surface area contributed by atoms with Crippen LogP contribution < -0.4 is 9.47 Å². The van der Waals surface area contributed by atoms with Crippen molar-refractivity contribution in [1.82, 2.24) is 0 Å². The molecule has 0 amide bonds. The van der Waals surface area contributed by atoms with Gasteiger partial charge in [-0.25, -0.2) is 4.39 Å². The van der Waals surface area contributed by atoms with E-state index in [9.17, 15) is 4.39 Å². The molecule has 2 aromatic carbocycles. The van der Waals surface area contributed by atoms with E-state index >= 15 is 0 Å². The lowest BCUT2D eigenvalue weighted by Gasteiger charge is -2.17. The molecule has 0 fully saturated rings. The second-order valence-corrected chi connectivity index (χ2v) is 5.84. The van der Waals surface area contributed by atoms with Crippen molar-refractivity contribution in [2.24, 2.45) is 0 Å². The molecular weight excluding hydrogens is 359 g/mol. The topological polar surface area (TPSA) is 18.5 Å². The molecule has 2 aromatic rings. The maximum absolute atomic E-state index is 14.3. The monoisotopic (exact) mass is 372 g/mol. The van der Waals surface area contributed by atoms with Crippen molar-refractivity contribution in [3.8, 4) is 11.5 Å². The fourth-order valence-corrected chi connectivity index (χ4v) is 2.92. The average Bonchev–Trinajstić information content (AvgIpc) is 2.49. The largest absolute Gasteiger partial charge is 0.493 e. The van der Waals surface area contributed by atoms with Gasteiger partial charge in [0.15, 0.2) is 11.5 Å². The van der Waals surface area contributed by atoms with Crippen LogP contribution in [0.2, 0.25) is 0 Å². The Bertz CT molecular complexity index is 661. The molecule has 0 saturated carbocycles. The highest BCUT2D eigenvalue weighted by Crippen LogP contribution is 2.39. The van der Waals surface area contributed by atoms with Crippen LogP contribution in [0.25, 0.3) is 0 Å². The van der Waals surface area contributed by atoms with E-state index in [1.54, 1.807) is 6.07 Å². The number of halogens is 3. The van der Waals surface area contributed by atoms with Gasteiger partial charge in [0.25, 0.3) is 0 Å². The number of methoxy groups -OCH3 is 2. The summed E-state index contributed by atoms with van der Waals surface area (Å²) >= 11 is 9.94. The SMILES string of the molecule is COc1cc(F)c(C(Cl)c2cccc(Br)c2C)cc1OC. The molecule has 0 bridgehead atoms. The molecule has 1 atom stereocenters. The van der Waals surface area contributed by atoms with Crippen molar-refractivity contribution in [1.29, 1.82) is 0 Å². The molecule has 2 nitrogen and oxygen atoms in total. The quantitative estimate of drug-likeness (QED) is 0.682. The molecule has 2 rings (SSSR count). The second kappa shape index (κ2) is 6.67. The fourth-order valence-electron chi connectivity index (χ4n) is 2.13. The van der Waals surface area contributed by atoms with Crippen LogP contribution in [0.5, 0.6) is 11.5 Å². The first-order valence-corrected chi connectivity index (χ1v) is 7.53. The molecule has 0 saturated heterocycles. The van der Waals surface area contributed by atoms with E-state index in [4.69, 9.17) is 21.1 Å². The average molecular weight is 374 g/mol. The van der Waals surface area contributed by atoms with Gasteiger partial charge < -0.3 is 9.47 Å². The van der Waals surface area contributed by atoms with Crippen LogP contribution in [0.1, 0.15) is 22.1 Å². The fraction of sp³-hybridized carbons (Fsp3) is 0.250. The molecule has 21 heavy (non-hydrogen) atoms. The van der Waals surface area contributed by atoms with Gasteiger partial charge in [0.1, 0.15) is 5.82 Å². The highest BCUT2D eigenvalue weighted by Gasteiger charge is 2.21. The molecule has 0 spiro atoms. The van der Waals surface area contributed by atoms with E-state index in [0.29, 0.717) is 17.1 Å². The maximum atomic E-state index is 14.3. The van der Waals surface area contributed by atoms with Crippen LogP contribution >= 0.6 is 27.5 Å². The zero-order valence-corrected chi connectivity index (χ0v) is 14.3. The first-order chi connectivity index (χ1) is 9.99. The summed E-state index contributed by atoms with van der Waals surface area (Å²) in [5.41, 5.74) is 2.18. The van der Waals surface area contributed by atoms with E-state index < -0.39 is 11.2 Å². The van der Waals surface area contributed by atoms with Gasteiger partial charge in [-0.3, -0.25) is 0 Å². The third kappa shape index (κ3) is 3.16. The van der Waals surface area contributed by atoms with Gasteiger partial charge in [0.2, 0.25) is 0 Å². The van der Waals surface area contributed by atoms with Gasteiger partial charge in [0, 0.05) is 16.1 Å². The van der Waals surface area contributed by atoms with Crippen LogP contribution in [0.4, 0.5) is 4.39 Å². The van der Waals surface area contributed by atoms with Crippen molar-refractivity contribution in [3.63, 3.8) is 0 Å². The lowest BCUT2D eigenvalue weighted by atomic mass is 9.99. The Labute approximate surface area is 137 Å². The van der Waals surface area contributed by atoms with Gasteiger partial charge in [-0.2, -0.15) is 0 Å². The zero-order chi connectivity index (χ0) is 15.6. The Balaban J connectivity index is 2.53. The number of rotatable bonds is 4. The molecule has 0 N–H and O–H groups in total. The zero-order valence-electron chi connectivity index (χ0n) is 11.9. The van der Waals surface area contributed by atoms with Crippen LogP contribution in [-0.4, -0.2) is 14.2 Å². The van der Waals surface area contributed by atoms with Gasteiger partial charge in [0.05, 0.1) is 19.6 Å². The third-order valence-electron chi connectivity index (χ3n) is 3.36. The van der Waals surface area contributed by atoms with Crippen LogP contribution in [0.3, 0.4) is 0 Å². The Morgan fingerprint density at radius 1 is 1.10 bits per heavy atom. The minimum absolute atomic E-state index is 0.341. The minimum Gasteiger partial charge on any atom is -0.493 e. The molecule has 0 aromatic heterocycles. The number of alkyl halides is 1. The van der Waals surface area contributed by atoms with Gasteiger partial charge >= 0.3 is 0 Å². The van der Waals surface area contributed by atoms with Crippen LogP contribution in [-0.2, 0) is 0 Å². The smallest absolute Gasteiger partial charge is 0.163 e. The first-order valence-electron chi connectivity index (χ1n) is 6.30. The standard InChI is InChI=1S/C16H15BrClFO2/c1-9-10(5-4-6-12(9)17)16(18)11-7-14(20-2)15(21-3)8-13(11)19/h4-8,16H,1-3H3.